The molecule has 0 amide bonds. The predicted molar refractivity (Wildman–Crippen MR) is 77.6 cm³/mol. The average Bonchev–Trinajstić information content (AvgIpc) is 2.31. The molecule has 2 aromatic rings. The molecule has 0 saturated heterocycles. The summed E-state index contributed by atoms with van der Waals surface area (Å²) >= 11 is 0. The van der Waals surface area contributed by atoms with E-state index < -0.39 is 5.54 Å². The first-order valence-electron chi connectivity index (χ1n) is 6.54. The molecule has 2 heteroatoms. The molecule has 0 bridgehead atoms. The van der Waals surface area contributed by atoms with Gasteiger partial charge in [-0.1, -0.05) is 48.0 Å². The van der Waals surface area contributed by atoms with E-state index in [4.69, 9.17) is 5.73 Å². The second kappa shape index (κ2) is 5.54. The molecular formula is C17H20FN. The molecule has 19 heavy (non-hydrogen) atoms. The fraction of sp³-hybridized carbons (Fsp3) is 0.294. The van der Waals surface area contributed by atoms with Crippen molar-refractivity contribution in [3.8, 4) is 0 Å². The third-order valence-electron chi connectivity index (χ3n) is 3.24. The molecule has 0 aromatic heterocycles. The van der Waals surface area contributed by atoms with Gasteiger partial charge in [0.2, 0.25) is 0 Å². The van der Waals surface area contributed by atoms with Crippen LogP contribution in [0.3, 0.4) is 0 Å². The van der Waals surface area contributed by atoms with Crippen molar-refractivity contribution in [1.29, 1.82) is 0 Å². The van der Waals surface area contributed by atoms with Crippen LogP contribution < -0.4 is 5.73 Å². The molecule has 0 radical (unpaired) electrons. The number of aryl methyl sites for hydroxylation is 1. The largest absolute Gasteiger partial charge is 0.325 e. The van der Waals surface area contributed by atoms with Gasteiger partial charge in [0, 0.05) is 5.54 Å². The van der Waals surface area contributed by atoms with E-state index in [2.05, 4.69) is 25.1 Å². The van der Waals surface area contributed by atoms with E-state index in [0.29, 0.717) is 12.0 Å². The van der Waals surface area contributed by atoms with Crippen molar-refractivity contribution in [3.63, 3.8) is 0 Å². The second-order valence-corrected chi connectivity index (χ2v) is 5.59. The minimum Gasteiger partial charge on any atom is -0.325 e. The molecule has 100 valence electrons. The summed E-state index contributed by atoms with van der Waals surface area (Å²) in [7, 11) is 0. The molecule has 0 spiro atoms. The maximum absolute atomic E-state index is 13.7. The molecular weight excluding hydrogens is 237 g/mol. The van der Waals surface area contributed by atoms with E-state index >= 15 is 0 Å². The summed E-state index contributed by atoms with van der Waals surface area (Å²) in [6.45, 7) is 4.04. The molecule has 1 atom stereocenters. The maximum atomic E-state index is 13.7. The van der Waals surface area contributed by atoms with Crippen LogP contribution >= 0.6 is 0 Å². The van der Waals surface area contributed by atoms with Crippen LogP contribution in [-0.2, 0) is 12.8 Å². The zero-order valence-corrected chi connectivity index (χ0v) is 11.5. The van der Waals surface area contributed by atoms with Crippen LogP contribution in [0.25, 0.3) is 0 Å². The summed E-state index contributed by atoms with van der Waals surface area (Å²) < 4.78 is 13.7. The van der Waals surface area contributed by atoms with Gasteiger partial charge in [0.25, 0.3) is 0 Å². The summed E-state index contributed by atoms with van der Waals surface area (Å²) in [6, 6.07) is 15.1. The topological polar surface area (TPSA) is 26.0 Å². The normalized spacial score (nSPS) is 14.1. The zero-order valence-electron chi connectivity index (χ0n) is 11.5. The lowest BCUT2D eigenvalue weighted by atomic mass is 9.87. The van der Waals surface area contributed by atoms with Gasteiger partial charge < -0.3 is 5.73 Å². The average molecular weight is 257 g/mol. The Kier molecular flexibility index (Phi) is 4.01. The Bertz CT molecular complexity index is 561. The number of hydrogen-bond acceptors (Lipinski definition) is 1. The van der Waals surface area contributed by atoms with Crippen LogP contribution in [0, 0.1) is 12.7 Å². The van der Waals surface area contributed by atoms with Crippen LogP contribution in [0.2, 0.25) is 0 Å². The zero-order chi connectivity index (χ0) is 13.9. The van der Waals surface area contributed by atoms with Crippen LogP contribution in [0.15, 0.2) is 48.5 Å². The summed E-state index contributed by atoms with van der Waals surface area (Å²) in [5.41, 5.74) is 8.98. The van der Waals surface area contributed by atoms with E-state index in [9.17, 15) is 4.39 Å². The smallest absolute Gasteiger partial charge is 0.126 e. The number of benzene rings is 2. The Morgan fingerprint density at radius 1 is 1.05 bits per heavy atom. The third-order valence-corrected chi connectivity index (χ3v) is 3.24. The van der Waals surface area contributed by atoms with Crippen molar-refractivity contribution < 1.29 is 4.39 Å². The van der Waals surface area contributed by atoms with Gasteiger partial charge in [0.1, 0.15) is 5.82 Å². The third kappa shape index (κ3) is 3.90. The number of rotatable bonds is 4. The lowest BCUT2D eigenvalue weighted by Gasteiger charge is -2.25. The minimum absolute atomic E-state index is 0.177. The minimum atomic E-state index is -0.448. The highest BCUT2D eigenvalue weighted by molar-refractivity contribution is 5.26. The first-order valence-corrected chi connectivity index (χ1v) is 6.54. The highest BCUT2D eigenvalue weighted by atomic mass is 19.1. The molecule has 0 heterocycles. The summed E-state index contributed by atoms with van der Waals surface area (Å²) in [5, 5.41) is 0. The van der Waals surface area contributed by atoms with Gasteiger partial charge in [-0.15, -0.1) is 0 Å². The quantitative estimate of drug-likeness (QED) is 0.889. The first kappa shape index (κ1) is 13.8. The molecule has 0 aliphatic heterocycles. The lowest BCUT2D eigenvalue weighted by molar-refractivity contribution is 0.451. The Labute approximate surface area is 114 Å². The maximum Gasteiger partial charge on any atom is 0.126 e. The monoisotopic (exact) mass is 257 g/mol. The predicted octanol–water partition coefficient (Wildman–Crippen LogP) is 3.64. The fourth-order valence-electron chi connectivity index (χ4n) is 2.43. The molecule has 2 N–H and O–H groups in total. The Hall–Kier alpha value is -1.67. The Morgan fingerprint density at radius 3 is 2.47 bits per heavy atom. The van der Waals surface area contributed by atoms with Gasteiger partial charge in [0.05, 0.1) is 0 Å². The van der Waals surface area contributed by atoms with Gasteiger partial charge in [0.15, 0.2) is 0 Å². The van der Waals surface area contributed by atoms with E-state index in [1.54, 1.807) is 12.1 Å². The van der Waals surface area contributed by atoms with Crippen LogP contribution in [-0.4, -0.2) is 5.54 Å². The summed E-state index contributed by atoms with van der Waals surface area (Å²) in [5.74, 6) is -0.177. The molecule has 1 nitrogen and oxygen atoms in total. The SMILES string of the molecule is Cc1cccc(CC(C)(N)Cc2ccccc2F)c1. The van der Waals surface area contributed by atoms with Gasteiger partial charge in [-0.05, 0) is 43.9 Å². The van der Waals surface area contributed by atoms with Gasteiger partial charge in [-0.2, -0.15) is 0 Å². The van der Waals surface area contributed by atoms with Crippen molar-refractivity contribution in [2.24, 2.45) is 5.73 Å². The Morgan fingerprint density at radius 2 is 1.79 bits per heavy atom. The first-order chi connectivity index (χ1) is 8.96. The number of halogens is 1. The fourth-order valence-corrected chi connectivity index (χ4v) is 2.43. The van der Waals surface area contributed by atoms with E-state index in [1.807, 2.05) is 19.1 Å². The van der Waals surface area contributed by atoms with Gasteiger partial charge in [-0.3, -0.25) is 0 Å². The molecule has 1 unspecified atom stereocenters. The summed E-state index contributed by atoms with van der Waals surface area (Å²) in [4.78, 5) is 0. The van der Waals surface area contributed by atoms with Crippen molar-refractivity contribution in [2.75, 3.05) is 0 Å². The molecule has 2 rings (SSSR count). The molecule has 0 saturated carbocycles. The van der Waals surface area contributed by atoms with E-state index in [1.165, 1.54) is 17.2 Å². The highest BCUT2D eigenvalue weighted by Crippen LogP contribution is 2.19. The Balaban J connectivity index is 2.13. The highest BCUT2D eigenvalue weighted by Gasteiger charge is 2.21. The van der Waals surface area contributed by atoms with Crippen LogP contribution in [0.5, 0.6) is 0 Å². The number of nitrogens with two attached hydrogens (primary N) is 1. The van der Waals surface area contributed by atoms with E-state index in [0.717, 1.165) is 6.42 Å². The molecule has 2 aromatic carbocycles. The molecule has 0 aliphatic carbocycles. The number of hydrogen-bond donors (Lipinski definition) is 1. The molecule has 0 aliphatic rings. The summed E-state index contributed by atoms with van der Waals surface area (Å²) in [6.07, 6.45) is 1.27. The van der Waals surface area contributed by atoms with Gasteiger partial charge in [-0.25, -0.2) is 4.39 Å². The van der Waals surface area contributed by atoms with Crippen LogP contribution in [0.1, 0.15) is 23.6 Å². The second-order valence-electron chi connectivity index (χ2n) is 5.59. The lowest BCUT2D eigenvalue weighted by Crippen LogP contribution is -2.41. The van der Waals surface area contributed by atoms with Crippen molar-refractivity contribution in [2.45, 2.75) is 32.2 Å². The van der Waals surface area contributed by atoms with Crippen molar-refractivity contribution in [1.82, 2.24) is 0 Å². The van der Waals surface area contributed by atoms with Crippen molar-refractivity contribution >= 4 is 0 Å². The van der Waals surface area contributed by atoms with Crippen LogP contribution in [0.4, 0.5) is 4.39 Å². The molecule has 0 fully saturated rings. The standard InChI is InChI=1S/C17H20FN/c1-13-6-5-7-14(10-13)11-17(2,19)12-15-8-3-4-9-16(15)18/h3-10H,11-12,19H2,1-2H3. The van der Waals surface area contributed by atoms with E-state index in [-0.39, 0.29) is 5.82 Å². The van der Waals surface area contributed by atoms with Crippen molar-refractivity contribution in [3.05, 3.63) is 71.0 Å². The van der Waals surface area contributed by atoms with Gasteiger partial charge >= 0.3 is 0 Å².